The maximum absolute atomic E-state index is 12.7. The van der Waals surface area contributed by atoms with Gasteiger partial charge < -0.3 is 19.5 Å². The number of amides is 1. The Morgan fingerprint density at radius 3 is 2.28 bits per heavy atom. The van der Waals surface area contributed by atoms with Gasteiger partial charge >= 0.3 is 0 Å². The fraction of sp³-hybridized carbons (Fsp3) is 0.174. The molecule has 3 aromatic rings. The lowest BCUT2D eigenvalue weighted by molar-refractivity contribution is 0.102. The molecule has 3 aromatic carbocycles. The highest BCUT2D eigenvalue weighted by molar-refractivity contribution is 6.30. The van der Waals surface area contributed by atoms with E-state index < -0.39 is 0 Å². The van der Waals surface area contributed by atoms with Gasteiger partial charge in [0.15, 0.2) is 11.5 Å². The second-order valence-electron chi connectivity index (χ2n) is 6.44. The number of carbonyl (C=O) groups excluding carboxylic acids is 1. The Morgan fingerprint density at radius 2 is 1.59 bits per heavy atom. The number of nitrogens with one attached hydrogen (secondary N) is 1. The molecule has 0 aliphatic heterocycles. The summed E-state index contributed by atoms with van der Waals surface area (Å²) in [6.07, 6.45) is 0. The van der Waals surface area contributed by atoms with Crippen LogP contribution in [0.2, 0.25) is 5.02 Å². The van der Waals surface area contributed by atoms with E-state index in [9.17, 15) is 4.79 Å². The number of hydrogen-bond donors (Lipinski definition) is 1. The van der Waals surface area contributed by atoms with Crippen molar-refractivity contribution in [2.24, 2.45) is 0 Å². The molecule has 0 bridgehead atoms. The van der Waals surface area contributed by atoms with Gasteiger partial charge in [0.2, 0.25) is 0 Å². The van der Waals surface area contributed by atoms with Crippen LogP contribution >= 0.6 is 11.6 Å². The Hall–Kier alpha value is -3.18. The van der Waals surface area contributed by atoms with Crippen molar-refractivity contribution >= 4 is 23.2 Å². The van der Waals surface area contributed by atoms with Crippen LogP contribution in [-0.2, 0) is 6.61 Å². The van der Waals surface area contributed by atoms with Gasteiger partial charge in [-0.1, -0.05) is 29.8 Å². The molecule has 0 aliphatic rings. The molecular weight excluding hydrogens is 390 g/mol. The van der Waals surface area contributed by atoms with Crippen LogP contribution in [0.3, 0.4) is 0 Å². The molecule has 150 valence electrons. The molecule has 1 N–H and O–H groups in total. The molecule has 6 heteroatoms. The number of methoxy groups -OCH3 is 2. The molecular formula is C23H22ClNO4. The number of benzene rings is 3. The molecule has 0 atom stereocenters. The molecule has 0 heterocycles. The summed E-state index contributed by atoms with van der Waals surface area (Å²) in [5.41, 5.74) is 3.05. The van der Waals surface area contributed by atoms with Gasteiger partial charge in [-0.3, -0.25) is 4.79 Å². The summed E-state index contributed by atoms with van der Waals surface area (Å²) in [4.78, 5) is 12.7. The Balaban J connectivity index is 1.74. The van der Waals surface area contributed by atoms with E-state index in [1.54, 1.807) is 25.3 Å². The summed E-state index contributed by atoms with van der Waals surface area (Å²) in [5.74, 6) is 1.35. The Kier molecular flexibility index (Phi) is 6.62. The number of rotatable bonds is 7. The minimum atomic E-state index is -0.267. The maximum atomic E-state index is 12.7. The van der Waals surface area contributed by atoms with E-state index in [1.807, 2.05) is 49.4 Å². The van der Waals surface area contributed by atoms with E-state index >= 15 is 0 Å². The summed E-state index contributed by atoms with van der Waals surface area (Å²) < 4.78 is 16.6. The first-order chi connectivity index (χ1) is 14.0. The van der Waals surface area contributed by atoms with Crippen LogP contribution < -0.4 is 19.5 Å². The molecule has 0 unspecified atom stereocenters. The molecule has 0 fully saturated rings. The van der Waals surface area contributed by atoms with Crippen LogP contribution in [0.15, 0.2) is 60.7 Å². The van der Waals surface area contributed by atoms with Crippen LogP contribution in [0.4, 0.5) is 5.69 Å². The highest BCUT2D eigenvalue weighted by atomic mass is 35.5. The third-order valence-electron chi connectivity index (χ3n) is 4.34. The fourth-order valence-electron chi connectivity index (χ4n) is 2.78. The lowest BCUT2D eigenvalue weighted by Crippen LogP contribution is -2.13. The predicted octanol–water partition coefficient (Wildman–Crippen LogP) is 5.50. The third kappa shape index (κ3) is 5.21. The van der Waals surface area contributed by atoms with Crippen molar-refractivity contribution in [1.82, 2.24) is 0 Å². The zero-order valence-electron chi connectivity index (χ0n) is 16.5. The molecule has 1 amide bonds. The lowest BCUT2D eigenvalue weighted by Gasteiger charge is -2.14. The van der Waals surface area contributed by atoms with E-state index in [0.29, 0.717) is 40.1 Å². The number of anilines is 1. The van der Waals surface area contributed by atoms with Crippen LogP contribution in [0, 0.1) is 6.92 Å². The van der Waals surface area contributed by atoms with Gasteiger partial charge in [0.1, 0.15) is 12.4 Å². The quantitative estimate of drug-likeness (QED) is 0.558. The average molecular weight is 412 g/mol. The first kappa shape index (κ1) is 20.6. The third-order valence-corrected chi connectivity index (χ3v) is 4.59. The molecule has 5 nitrogen and oxygen atoms in total. The molecule has 3 rings (SSSR count). The molecule has 0 aromatic heterocycles. The molecule has 0 spiro atoms. The van der Waals surface area contributed by atoms with Crippen molar-refractivity contribution in [3.63, 3.8) is 0 Å². The van der Waals surface area contributed by atoms with Gasteiger partial charge in [-0.25, -0.2) is 0 Å². The van der Waals surface area contributed by atoms with Gasteiger partial charge in [-0.05, 0) is 60.5 Å². The second kappa shape index (κ2) is 9.34. The Labute approximate surface area is 175 Å². The van der Waals surface area contributed by atoms with Crippen molar-refractivity contribution in [1.29, 1.82) is 0 Å². The number of aryl methyl sites for hydroxylation is 1. The maximum Gasteiger partial charge on any atom is 0.255 e. The van der Waals surface area contributed by atoms with E-state index in [-0.39, 0.29) is 5.91 Å². The minimum Gasteiger partial charge on any atom is -0.495 e. The number of halogens is 1. The van der Waals surface area contributed by atoms with E-state index in [1.165, 1.54) is 7.11 Å². The van der Waals surface area contributed by atoms with E-state index in [0.717, 1.165) is 11.1 Å². The Morgan fingerprint density at radius 1 is 0.897 bits per heavy atom. The predicted molar refractivity (Wildman–Crippen MR) is 114 cm³/mol. The summed E-state index contributed by atoms with van der Waals surface area (Å²) in [6, 6.07) is 18.1. The van der Waals surface area contributed by atoms with Crippen LogP contribution in [-0.4, -0.2) is 20.1 Å². The SMILES string of the molecule is COc1ccc(C)cc1NC(=O)c1ccc(OCc2ccc(Cl)cc2)c(OC)c1. The molecule has 0 saturated heterocycles. The van der Waals surface area contributed by atoms with Crippen molar-refractivity contribution in [2.45, 2.75) is 13.5 Å². The fourth-order valence-corrected chi connectivity index (χ4v) is 2.91. The molecule has 0 aliphatic carbocycles. The van der Waals surface area contributed by atoms with Gasteiger partial charge in [0.05, 0.1) is 19.9 Å². The molecule has 29 heavy (non-hydrogen) atoms. The topological polar surface area (TPSA) is 56.8 Å². The summed E-state index contributed by atoms with van der Waals surface area (Å²) in [7, 11) is 3.10. The summed E-state index contributed by atoms with van der Waals surface area (Å²) >= 11 is 5.90. The van der Waals surface area contributed by atoms with Gasteiger partial charge in [0.25, 0.3) is 5.91 Å². The zero-order chi connectivity index (χ0) is 20.8. The summed E-state index contributed by atoms with van der Waals surface area (Å²) in [6.45, 7) is 2.31. The smallest absolute Gasteiger partial charge is 0.255 e. The normalized spacial score (nSPS) is 10.3. The van der Waals surface area contributed by atoms with Crippen molar-refractivity contribution in [2.75, 3.05) is 19.5 Å². The van der Waals surface area contributed by atoms with Crippen molar-refractivity contribution < 1.29 is 19.0 Å². The van der Waals surface area contributed by atoms with E-state index in [4.69, 9.17) is 25.8 Å². The van der Waals surface area contributed by atoms with Crippen LogP contribution in [0.5, 0.6) is 17.2 Å². The second-order valence-corrected chi connectivity index (χ2v) is 6.88. The first-order valence-electron chi connectivity index (χ1n) is 9.01. The van der Waals surface area contributed by atoms with Crippen molar-refractivity contribution in [3.05, 3.63) is 82.4 Å². The van der Waals surface area contributed by atoms with Gasteiger partial charge in [0, 0.05) is 10.6 Å². The monoisotopic (exact) mass is 411 g/mol. The standard InChI is InChI=1S/C23H22ClNO4/c1-15-4-10-20(27-2)19(12-15)25-23(26)17-7-11-21(22(13-17)28-3)29-14-16-5-8-18(24)9-6-16/h4-13H,14H2,1-3H3,(H,25,26). The van der Waals surface area contributed by atoms with Crippen molar-refractivity contribution in [3.8, 4) is 17.2 Å². The minimum absolute atomic E-state index is 0.267. The van der Waals surface area contributed by atoms with E-state index in [2.05, 4.69) is 5.32 Å². The average Bonchev–Trinajstić information content (AvgIpc) is 2.73. The lowest BCUT2D eigenvalue weighted by atomic mass is 10.1. The highest BCUT2D eigenvalue weighted by Gasteiger charge is 2.14. The first-order valence-corrected chi connectivity index (χ1v) is 9.39. The number of hydrogen-bond acceptors (Lipinski definition) is 4. The number of ether oxygens (including phenoxy) is 3. The van der Waals surface area contributed by atoms with Crippen LogP contribution in [0.1, 0.15) is 21.5 Å². The zero-order valence-corrected chi connectivity index (χ0v) is 17.2. The number of carbonyl (C=O) groups is 1. The van der Waals surface area contributed by atoms with Gasteiger partial charge in [-0.2, -0.15) is 0 Å². The highest BCUT2D eigenvalue weighted by Crippen LogP contribution is 2.30. The summed E-state index contributed by atoms with van der Waals surface area (Å²) in [5, 5.41) is 3.55. The van der Waals surface area contributed by atoms with Crippen LogP contribution in [0.25, 0.3) is 0 Å². The molecule has 0 radical (unpaired) electrons. The Bertz CT molecular complexity index is 1000. The largest absolute Gasteiger partial charge is 0.495 e. The van der Waals surface area contributed by atoms with Gasteiger partial charge in [-0.15, -0.1) is 0 Å². The molecule has 0 saturated carbocycles.